The Morgan fingerprint density at radius 1 is 0.750 bits per heavy atom. The van der Waals surface area contributed by atoms with Gasteiger partial charge in [-0.25, -0.2) is 0 Å². The Morgan fingerprint density at radius 3 is 1.33 bits per heavy atom. The minimum atomic E-state index is -0.453. The van der Waals surface area contributed by atoms with Crippen molar-refractivity contribution in [3.63, 3.8) is 0 Å². The van der Waals surface area contributed by atoms with Crippen molar-refractivity contribution in [2.24, 2.45) is 10.8 Å². The van der Waals surface area contributed by atoms with Gasteiger partial charge in [-0.3, -0.25) is 0 Å². The van der Waals surface area contributed by atoms with Crippen molar-refractivity contribution in [3.05, 3.63) is 0 Å². The summed E-state index contributed by atoms with van der Waals surface area (Å²) in [6.45, 7) is 11.0. The quantitative estimate of drug-likeness (QED) is 0.592. The molecule has 1 N–H and O–H groups in total. The Bertz CT molecular complexity index is 132. The zero-order valence-electron chi connectivity index (χ0n) is 9.07. The Kier molecular flexibility index (Phi) is 2.07. The number of aliphatic hydroxyl groups is 1. The molecule has 0 aliphatic heterocycles. The average Bonchev–Trinajstić information content (AvgIpc) is 1.44. The maximum atomic E-state index is 10.0. The molecular weight excluding hydrogens is 148 g/mol. The first-order valence-corrected chi connectivity index (χ1v) is 4.84. The van der Waals surface area contributed by atoms with Crippen LogP contribution in [0.3, 0.4) is 0 Å². The highest BCUT2D eigenvalue weighted by Crippen LogP contribution is 2.49. The third kappa shape index (κ3) is 2.48. The zero-order chi connectivity index (χ0) is 9.62. The van der Waals surface area contributed by atoms with Crippen LogP contribution in [0.2, 0.25) is 0 Å². The molecule has 0 aromatic rings. The highest BCUT2D eigenvalue weighted by Gasteiger charge is 2.43. The van der Waals surface area contributed by atoms with E-state index in [9.17, 15) is 5.11 Å². The van der Waals surface area contributed by atoms with Crippen LogP contribution in [0.1, 0.15) is 53.9 Å². The maximum absolute atomic E-state index is 10.0. The number of hydrogen-bond acceptors (Lipinski definition) is 1. The second-order valence-electron chi connectivity index (χ2n) is 6.36. The second-order valence-corrected chi connectivity index (χ2v) is 6.36. The van der Waals surface area contributed by atoms with Gasteiger partial charge in [0.2, 0.25) is 0 Å². The lowest BCUT2D eigenvalue weighted by Crippen LogP contribution is -2.43. The van der Waals surface area contributed by atoms with Crippen molar-refractivity contribution in [3.8, 4) is 0 Å². The van der Waals surface area contributed by atoms with Crippen LogP contribution >= 0.6 is 0 Å². The molecule has 0 aromatic heterocycles. The predicted molar refractivity (Wildman–Crippen MR) is 52.0 cm³/mol. The minimum absolute atomic E-state index is 0.297. The molecule has 1 saturated carbocycles. The molecule has 0 bridgehead atoms. The summed E-state index contributed by atoms with van der Waals surface area (Å²) in [4.78, 5) is 0. The van der Waals surface area contributed by atoms with E-state index in [1.165, 1.54) is 6.42 Å². The summed E-state index contributed by atoms with van der Waals surface area (Å²) in [7, 11) is 0. The van der Waals surface area contributed by atoms with Crippen molar-refractivity contribution in [1.29, 1.82) is 0 Å². The molecule has 0 atom stereocenters. The summed E-state index contributed by atoms with van der Waals surface area (Å²) in [5, 5.41) is 10.0. The standard InChI is InChI=1S/C11H22O/c1-9(2)6-10(3,4)8-11(5,12)7-9/h12H,6-8H2,1-5H3. The molecule has 1 aliphatic rings. The van der Waals surface area contributed by atoms with Gasteiger partial charge in [-0.05, 0) is 37.0 Å². The molecule has 0 aromatic carbocycles. The van der Waals surface area contributed by atoms with Gasteiger partial charge >= 0.3 is 0 Å². The van der Waals surface area contributed by atoms with Crippen LogP contribution in [0.15, 0.2) is 0 Å². The fourth-order valence-electron chi connectivity index (χ4n) is 3.54. The molecule has 12 heavy (non-hydrogen) atoms. The van der Waals surface area contributed by atoms with E-state index in [1.807, 2.05) is 6.92 Å². The van der Waals surface area contributed by atoms with Crippen molar-refractivity contribution in [2.45, 2.75) is 59.5 Å². The molecule has 0 unspecified atom stereocenters. The molecule has 72 valence electrons. The molecule has 0 spiro atoms. The first-order chi connectivity index (χ1) is 5.12. The smallest absolute Gasteiger partial charge is 0.0630 e. The monoisotopic (exact) mass is 170 g/mol. The van der Waals surface area contributed by atoms with Crippen LogP contribution in [-0.2, 0) is 0 Å². The van der Waals surface area contributed by atoms with E-state index in [-0.39, 0.29) is 0 Å². The van der Waals surface area contributed by atoms with E-state index in [0.717, 1.165) is 12.8 Å². The van der Waals surface area contributed by atoms with Gasteiger partial charge in [-0.2, -0.15) is 0 Å². The van der Waals surface area contributed by atoms with Gasteiger partial charge in [0.25, 0.3) is 0 Å². The summed E-state index contributed by atoms with van der Waals surface area (Å²) in [6.07, 6.45) is 3.09. The third-order valence-electron chi connectivity index (χ3n) is 2.68. The minimum Gasteiger partial charge on any atom is -0.390 e. The summed E-state index contributed by atoms with van der Waals surface area (Å²) in [5.41, 5.74) is 0.141. The third-order valence-corrected chi connectivity index (χ3v) is 2.68. The summed E-state index contributed by atoms with van der Waals surface area (Å²) in [5.74, 6) is 0. The molecule has 1 heteroatoms. The highest BCUT2D eigenvalue weighted by molar-refractivity contribution is 4.95. The summed E-state index contributed by atoms with van der Waals surface area (Å²) < 4.78 is 0. The van der Waals surface area contributed by atoms with Gasteiger partial charge in [0, 0.05) is 0 Å². The van der Waals surface area contributed by atoms with Gasteiger partial charge in [0.15, 0.2) is 0 Å². The molecular formula is C11H22O. The molecule has 1 fully saturated rings. The molecule has 0 saturated heterocycles. The van der Waals surface area contributed by atoms with Gasteiger partial charge in [0.05, 0.1) is 5.60 Å². The predicted octanol–water partition coefficient (Wildman–Crippen LogP) is 2.97. The van der Waals surface area contributed by atoms with Crippen LogP contribution in [0.25, 0.3) is 0 Å². The van der Waals surface area contributed by atoms with E-state index >= 15 is 0 Å². The molecule has 1 aliphatic carbocycles. The first kappa shape index (κ1) is 10.0. The summed E-state index contributed by atoms with van der Waals surface area (Å²) >= 11 is 0. The number of rotatable bonds is 0. The Labute approximate surface area is 76.2 Å². The molecule has 0 heterocycles. The topological polar surface area (TPSA) is 20.2 Å². The van der Waals surface area contributed by atoms with Crippen molar-refractivity contribution in [1.82, 2.24) is 0 Å². The SMILES string of the molecule is CC1(C)CC(C)(C)CC(C)(O)C1. The fraction of sp³-hybridized carbons (Fsp3) is 1.00. The normalized spacial score (nSPS) is 31.5. The van der Waals surface area contributed by atoms with E-state index in [2.05, 4.69) is 27.7 Å². The first-order valence-electron chi connectivity index (χ1n) is 4.84. The lowest BCUT2D eigenvalue weighted by molar-refractivity contribution is -0.0729. The van der Waals surface area contributed by atoms with E-state index in [1.54, 1.807) is 0 Å². The van der Waals surface area contributed by atoms with E-state index < -0.39 is 5.60 Å². The van der Waals surface area contributed by atoms with Crippen LogP contribution in [-0.4, -0.2) is 10.7 Å². The second kappa shape index (κ2) is 2.47. The van der Waals surface area contributed by atoms with Gasteiger partial charge in [-0.1, -0.05) is 27.7 Å². The molecule has 1 rings (SSSR count). The molecule has 0 amide bonds. The summed E-state index contributed by atoms with van der Waals surface area (Å²) in [6, 6.07) is 0. The van der Waals surface area contributed by atoms with Crippen molar-refractivity contribution < 1.29 is 5.11 Å². The Hall–Kier alpha value is -0.0400. The van der Waals surface area contributed by atoms with Crippen LogP contribution in [0.5, 0.6) is 0 Å². The fourth-order valence-corrected chi connectivity index (χ4v) is 3.54. The lowest BCUT2D eigenvalue weighted by Gasteiger charge is -2.48. The molecule has 1 nitrogen and oxygen atoms in total. The van der Waals surface area contributed by atoms with Crippen molar-refractivity contribution >= 4 is 0 Å². The van der Waals surface area contributed by atoms with Crippen LogP contribution in [0.4, 0.5) is 0 Å². The maximum Gasteiger partial charge on any atom is 0.0630 e. The van der Waals surface area contributed by atoms with Crippen LogP contribution < -0.4 is 0 Å². The Balaban J connectivity index is 2.81. The largest absolute Gasteiger partial charge is 0.390 e. The highest BCUT2D eigenvalue weighted by atomic mass is 16.3. The average molecular weight is 170 g/mol. The lowest BCUT2D eigenvalue weighted by atomic mass is 9.60. The van der Waals surface area contributed by atoms with Crippen molar-refractivity contribution in [2.75, 3.05) is 0 Å². The van der Waals surface area contributed by atoms with Crippen LogP contribution in [0, 0.1) is 10.8 Å². The van der Waals surface area contributed by atoms with Gasteiger partial charge < -0.3 is 5.11 Å². The van der Waals surface area contributed by atoms with Gasteiger partial charge in [-0.15, -0.1) is 0 Å². The van der Waals surface area contributed by atoms with E-state index in [0.29, 0.717) is 10.8 Å². The van der Waals surface area contributed by atoms with E-state index in [4.69, 9.17) is 0 Å². The van der Waals surface area contributed by atoms with Gasteiger partial charge in [0.1, 0.15) is 0 Å². The number of hydrogen-bond donors (Lipinski definition) is 1. The zero-order valence-corrected chi connectivity index (χ0v) is 9.07. The molecule has 0 radical (unpaired) electrons. The Morgan fingerprint density at radius 2 is 1.08 bits per heavy atom.